The van der Waals surface area contributed by atoms with Gasteiger partial charge in [-0.25, -0.2) is 0 Å². The molecule has 1 saturated heterocycles. The second-order valence-electron chi connectivity index (χ2n) is 6.43. The maximum atomic E-state index is 10.7. The molecule has 25 heavy (non-hydrogen) atoms. The van der Waals surface area contributed by atoms with E-state index in [2.05, 4.69) is 17.4 Å². The number of nitro groups is 1. The molecular weight excluding hydrogens is 340 g/mol. The topological polar surface area (TPSA) is 64.4 Å². The van der Waals surface area contributed by atoms with Gasteiger partial charge < -0.3 is 10.1 Å². The molecule has 2 aromatic rings. The highest BCUT2D eigenvalue weighted by Crippen LogP contribution is 2.35. The van der Waals surface area contributed by atoms with Crippen molar-refractivity contribution < 1.29 is 9.66 Å². The van der Waals surface area contributed by atoms with Gasteiger partial charge in [0.25, 0.3) is 5.69 Å². The Balaban J connectivity index is 1.67. The zero-order chi connectivity index (χ0) is 17.7. The Morgan fingerprint density at radius 3 is 2.32 bits per heavy atom. The molecule has 1 heterocycles. The summed E-state index contributed by atoms with van der Waals surface area (Å²) in [5, 5.41) is 15.0. The Labute approximate surface area is 152 Å². The van der Waals surface area contributed by atoms with Crippen LogP contribution in [-0.4, -0.2) is 24.7 Å². The van der Waals surface area contributed by atoms with E-state index in [0.29, 0.717) is 6.54 Å². The second kappa shape index (κ2) is 7.95. The van der Waals surface area contributed by atoms with Crippen LogP contribution in [0.4, 0.5) is 5.69 Å². The van der Waals surface area contributed by atoms with Gasteiger partial charge in [-0.3, -0.25) is 10.1 Å². The standard InChI is InChI=1S/C19H21ClN2O3/c20-17-5-3-16(4-6-17)19(9-11-25-12-10-19)14-21-13-15-1-7-18(8-2-15)22(23)24/h1-8,21H,9-14H2. The van der Waals surface area contributed by atoms with Gasteiger partial charge in [-0.1, -0.05) is 35.9 Å². The highest BCUT2D eigenvalue weighted by Gasteiger charge is 2.34. The molecular formula is C19H21ClN2O3. The number of rotatable bonds is 6. The molecule has 0 radical (unpaired) electrons. The Morgan fingerprint density at radius 2 is 1.72 bits per heavy atom. The van der Waals surface area contributed by atoms with Gasteiger partial charge in [-0.2, -0.15) is 0 Å². The van der Waals surface area contributed by atoms with Crippen LogP contribution < -0.4 is 5.32 Å². The van der Waals surface area contributed by atoms with E-state index in [1.807, 2.05) is 12.1 Å². The summed E-state index contributed by atoms with van der Waals surface area (Å²) in [5.74, 6) is 0. The lowest BCUT2D eigenvalue weighted by molar-refractivity contribution is -0.384. The molecule has 0 atom stereocenters. The number of nitrogens with one attached hydrogen (secondary N) is 1. The van der Waals surface area contributed by atoms with Gasteiger partial charge >= 0.3 is 0 Å². The predicted molar refractivity (Wildman–Crippen MR) is 98.0 cm³/mol. The number of non-ortho nitro benzene ring substituents is 1. The molecule has 0 bridgehead atoms. The molecule has 1 aliphatic rings. The van der Waals surface area contributed by atoms with Crippen LogP contribution in [-0.2, 0) is 16.7 Å². The summed E-state index contributed by atoms with van der Waals surface area (Å²) in [6, 6.07) is 14.7. The van der Waals surface area contributed by atoms with E-state index in [1.165, 1.54) is 5.56 Å². The lowest BCUT2D eigenvalue weighted by Crippen LogP contribution is -2.42. The summed E-state index contributed by atoms with van der Waals surface area (Å²) in [6.07, 6.45) is 1.92. The zero-order valence-corrected chi connectivity index (χ0v) is 14.7. The Kier molecular flexibility index (Phi) is 5.68. The molecule has 0 unspecified atom stereocenters. The van der Waals surface area contributed by atoms with Gasteiger partial charge in [0.1, 0.15) is 0 Å². The first kappa shape index (κ1) is 17.9. The summed E-state index contributed by atoms with van der Waals surface area (Å²) in [6.45, 7) is 3.01. The Morgan fingerprint density at radius 1 is 1.08 bits per heavy atom. The number of halogens is 1. The second-order valence-corrected chi connectivity index (χ2v) is 6.86. The third-order valence-corrected chi connectivity index (χ3v) is 5.10. The molecule has 0 saturated carbocycles. The van der Waals surface area contributed by atoms with Gasteiger partial charge in [0, 0.05) is 48.9 Å². The summed E-state index contributed by atoms with van der Waals surface area (Å²) in [5.41, 5.74) is 2.45. The number of ether oxygens (including phenoxy) is 1. The van der Waals surface area contributed by atoms with Gasteiger partial charge in [0.2, 0.25) is 0 Å². The Bertz CT molecular complexity index is 710. The fourth-order valence-corrected chi connectivity index (χ4v) is 3.44. The van der Waals surface area contributed by atoms with Crippen LogP contribution >= 0.6 is 11.6 Å². The molecule has 0 spiro atoms. The fraction of sp³-hybridized carbons (Fsp3) is 0.368. The van der Waals surface area contributed by atoms with Crippen molar-refractivity contribution in [1.29, 1.82) is 0 Å². The van der Waals surface area contributed by atoms with Crippen molar-refractivity contribution in [2.45, 2.75) is 24.8 Å². The van der Waals surface area contributed by atoms with E-state index in [-0.39, 0.29) is 16.0 Å². The fourth-order valence-electron chi connectivity index (χ4n) is 3.31. The van der Waals surface area contributed by atoms with Crippen molar-refractivity contribution >= 4 is 17.3 Å². The number of nitrogens with zero attached hydrogens (tertiary/aromatic N) is 1. The first-order chi connectivity index (χ1) is 12.1. The predicted octanol–water partition coefficient (Wildman–Crippen LogP) is 4.09. The minimum absolute atomic E-state index is 0.0314. The maximum Gasteiger partial charge on any atom is 0.269 e. The third-order valence-electron chi connectivity index (χ3n) is 4.85. The molecule has 2 aromatic carbocycles. The monoisotopic (exact) mass is 360 g/mol. The van der Waals surface area contributed by atoms with Crippen LogP contribution in [0.3, 0.4) is 0 Å². The number of hydrogen-bond donors (Lipinski definition) is 1. The molecule has 1 fully saturated rings. The Hall–Kier alpha value is -1.95. The van der Waals surface area contributed by atoms with Crippen molar-refractivity contribution in [2.75, 3.05) is 19.8 Å². The summed E-state index contributed by atoms with van der Waals surface area (Å²) in [7, 11) is 0. The van der Waals surface area contributed by atoms with Crippen molar-refractivity contribution in [3.8, 4) is 0 Å². The van der Waals surface area contributed by atoms with E-state index >= 15 is 0 Å². The number of benzene rings is 2. The van der Waals surface area contributed by atoms with Crippen molar-refractivity contribution in [2.24, 2.45) is 0 Å². The van der Waals surface area contributed by atoms with Crippen LogP contribution in [0.15, 0.2) is 48.5 Å². The van der Waals surface area contributed by atoms with E-state index < -0.39 is 0 Å². The molecule has 0 aliphatic carbocycles. The van der Waals surface area contributed by atoms with Gasteiger partial charge in [0.15, 0.2) is 0 Å². The van der Waals surface area contributed by atoms with Crippen LogP contribution in [0.2, 0.25) is 5.02 Å². The summed E-state index contributed by atoms with van der Waals surface area (Å²) in [4.78, 5) is 10.3. The lowest BCUT2D eigenvalue weighted by Gasteiger charge is -2.38. The van der Waals surface area contributed by atoms with Crippen LogP contribution in [0.5, 0.6) is 0 Å². The highest BCUT2D eigenvalue weighted by atomic mass is 35.5. The average Bonchev–Trinajstić information content (AvgIpc) is 2.63. The summed E-state index contributed by atoms with van der Waals surface area (Å²) < 4.78 is 5.55. The van der Waals surface area contributed by atoms with Crippen LogP contribution in [0.1, 0.15) is 24.0 Å². The largest absolute Gasteiger partial charge is 0.381 e. The molecule has 1 aliphatic heterocycles. The average molecular weight is 361 g/mol. The molecule has 0 aromatic heterocycles. The van der Waals surface area contributed by atoms with Crippen LogP contribution in [0.25, 0.3) is 0 Å². The molecule has 5 nitrogen and oxygen atoms in total. The highest BCUT2D eigenvalue weighted by molar-refractivity contribution is 6.30. The molecule has 132 valence electrons. The van der Waals surface area contributed by atoms with Gasteiger partial charge in [-0.05, 0) is 36.1 Å². The minimum Gasteiger partial charge on any atom is -0.381 e. The third kappa shape index (κ3) is 4.37. The quantitative estimate of drug-likeness (QED) is 0.622. The number of hydrogen-bond acceptors (Lipinski definition) is 4. The molecule has 3 rings (SSSR count). The molecule has 1 N–H and O–H groups in total. The van der Waals surface area contributed by atoms with E-state index in [4.69, 9.17) is 16.3 Å². The SMILES string of the molecule is O=[N+]([O-])c1ccc(CNCC2(c3ccc(Cl)cc3)CCOCC2)cc1. The van der Waals surface area contributed by atoms with Gasteiger partial charge in [0.05, 0.1) is 4.92 Å². The van der Waals surface area contributed by atoms with E-state index in [1.54, 1.807) is 24.3 Å². The maximum absolute atomic E-state index is 10.7. The minimum atomic E-state index is -0.380. The van der Waals surface area contributed by atoms with Gasteiger partial charge in [-0.15, -0.1) is 0 Å². The zero-order valence-electron chi connectivity index (χ0n) is 13.9. The first-order valence-electron chi connectivity index (χ1n) is 8.37. The van der Waals surface area contributed by atoms with Crippen molar-refractivity contribution in [3.05, 3.63) is 74.8 Å². The smallest absolute Gasteiger partial charge is 0.269 e. The number of nitro benzene ring substituents is 1. The molecule has 6 heteroatoms. The van der Waals surface area contributed by atoms with Crippen molar-refractivity contribution in [1.82, 2.24) is 5.32 Å². The normalized spacial score (nSPS) is 16.5. The lowest BCUT2D eigenvalue weighted by atomic mass is 9.74. The van der Waals surface area contributed by atoms with E-state index in [9.17, 15) is 10.1 Å². The van der Waals surface area contributed by atoms with Crippen molar-refractivity contribution in [3.63, 3.8) is 0 Å². The van der Waals surface area contributed by atoms with E-state index in [0.717, 1.165) is 43.2 Å². The summed E-state index contributed by atoms with van der Waals surface area (Å²) >= 11 is 6.03. The van der Waals surface area contributed by atoms with Crippen LogP contribution in [0, 0.1) is 10.1 Å². The first-order valence-corrected chi connectivity index (χ1v) is 8.75. The molecule has 0 amide bonds.